The second kappa shape index (κ2) is 18.4. The molecule has 1 N–H and O–H groups in total. The van der Waals surface area contributed by atoms with E-state index >= 15 is 0 Å². The zero-order valence-corrected chi connectivity index (χ0v) is 34.4. The molecular weight excluding hydrogens is 739 g/mol. The maximum absolute atomic E-state index is 13.2. The first-order valence-corrected chi connectivity index (χ1v) is 16.3. The molecule has 49 heavy (non-hydrogen) atoms. The molecule has 2 heterocycles. The normalized spacial score (nSPS) is 14.1. The smallest absolute Gasteiger partial charge is 0.744 e. The summed E-state index contributed by atoms with van der Waals surface area (Å²) < 4.78 is 78.5. The van der Waals surface area contributed by atoms with Crippen LogP contribution >= 0.6 is 0 Å². The number of carbonyl (C=O) groups excluding carboxylic acids is 3. The Morgan fingerprint density at radius 3 is 1.82 bits per heavy atom. The minimum absolute atomic E-state index is 0. The number of carbonyl (C=O) groups is 3. The fourth-order valence-electron chi connectivity index (χ4n) is 4.12. The first-order valence-electron chi connectivity index (χ1n) is 13.5. The molecule has 1 aliphatic rings. The molecule has 1 aliphatic heterocycles. The van der Waals surface area contributed by atoms with Gasteiger partial charge in [-0.25, -0.2) is 31.1 Å². The van der Waals surface area contributed by atoms with Crippen molar-refractivity contribution in [2.24, 2.45) is 5.10 Å². The van der Waals surface area contributed by atoms with Crippen LogP contribution < -0.4 is 113 Å². The van der Waals surface area contributed by atoms with Crippen LogP contribution in [0.25, 0.3) is 11.8 Å². The van der Waals surface area contributed by atoms with Gasteiger partial charge in [0.15, 0.2) is 11.4 Å². The molecule has 1 aromatic heterocycles. The first-order chi connectivity index (χ1) is 22.2. The summed E-state index contributed by atoms with van der Waals surface area (Å²) in [4.78, 5) is 50.5. The Balaban J connectivity index is 0.00000417. The number of esters is 2. The quantitative estimate of drug-likeness (QED) is 0.0641. The van der Waals surface area contributed by atoms with Crippen LogP contribution in [0.3, 0.4) is 0 Å². The number of rotatable bonds is 11. The molecule has 0 radical (unpaired) electrons. The standard InChI is InChI=1S/C29H26N4O12S2.2K/c1-3-44-28(36)24-22(26(34)32(30-24)18-10-14-20(15-11-18)46(38,39)40)8-6-5-7-9-23-25(29(37)45-4-2)31-33(27(23)35)19-12-16-21(17-13-19)47(41,42)43;;/h5-17,30H,3-4H2,1-2H3,(H,38,39,40)(H,41,42,43);;/q;2*+1/p-2/b7-5+,8-6+,23-9+;;. The van der Waals surface area contributed by atoms with Crippen LogP contribution in [0.2, 0.25) is 0 Å². The summed E-state index contributed by atoms with van der Waals surface area (Å²) in [6.07, 6.45) is 6.57. The molecule has 246 valence electrons. The topological polar surface area (TPSA) is 237 Å². The monoisotopic (exact) mass is 762 g/mol. The number of amides is 1. The molecule has 16 nitrogen and oxygen atoms in total. The Bertz CT molecular complexity index is 2130. The summed E-state index contributed by atoms with van der Waals surface area (Å²) in [6.45, 7) is 3.09. The summed E-state index contributed by atoms with van der Waals surface area (Å²) in [5, 5.41) is 7.45. The van der Waals surface area contributed by atoms with Crippen molar-refractivity contribution >= 4 is 55.6 Å². The maximum atomic E-state index is 13.2. The van der Waals surface area contributed by atoms with Gasteiger partial charge in [0.25, 0.3) is 11.5 Å². The average molecular weight is 763 g/mol. The largest absolute Gasteiger partial charge is 1.00 e. The van der Waals surface area contributed by atoms with Gasteiger partial charge in [-0.05, 0) is 74.5 Å². The van der Waals surface area contributed by atoms with Crippen LogP contribution in [0, 0.1) is 0 Å². The summed E-state index contributed by atoms with van der Waals surface area (Å²) in [5.41, 5.74) is -1.43. The van der Waals surface area contributed by atoms with Crippen molar-refractivity contribution in [1.82, 2.24) is 9.78 Å². The van der Waals surface area contributed by atoms with Gasteiger partial charge in [0.05, 0.1) is 45.5 Å². The number of allylic oxidation sites excluding steroid dienone is 4. The van der Waals surface area contributed by atoms with Crippen molar-refractivity contribution in [3.8, 4) is 5.69 Å². The Hall–Kier alpha value is -2.16. The van der Waals surface area contributed by atoms with E-state index in [1.54, 1.807) is 13.8 Å². The number of ether oxygens (including phenoxy) is 2. The van der Waals surface area contributed by atoms with Crippen molar-refractivity contribution in [3.63, 3.8) is 0 Å². The molecule has 0 fully saturated rings. The molecule has 2 aromatic carbocycles. The van der Waals surface area contributed by atoms with E-state index in [1.165, 1.54) is 54.6 Å². The predicted octanol–water partition coefficient (Wildman–Crippen LogP) is -4.38. The van der Waals surface area contributed by atoms with Crippen LogP contribution in [0.4, 0.5) is 5.69 Å². The number of nitrogens with zero attached hydrogens (tertiary/aromatic N) is 3. The molecule has 0 aliphatic carbocycles. The summed E-state index contributed by atoms with van der Waals surface area (Å²) >= 11 is 0. The molecular formula is C29H24K2N4O12S2. The first kappa shape index (κ1) is 43.0. The fourth-order valence-corrected chi connectivity index (χ4v) is 5.06. The second-order valence-corrected chi connectivity index (χ2v) is 12.0. The number of hydrogen-bond donors (Lipinski definition) is 1. The Morgan fingerprint density at radius 1 is 0.796 bits per heavy atom. The van der Waals surface area contributed by atoms with Crippen molar-refractivity contribution in [2.75, 3.05) is 18.2 Å². The van der Waals surface area contributed by atoms with Crippen LogP contribution in [-0.2, 0) is 39.3 Å². The van der Waals surface area contributed by atoms with Gasteiger partial charge in [-0.1, -0.05) is 18.2 Å². The van der Waals surface area contributed by atoms with E-state index in [2.05, 4.69) is 10.2 Å². The molecule has 20 heteroatoms. The van der Waals surface area contributed by atoms with Gasteiger partial charge < -0.3 is 18.6 Å². The van der Waals surface area contributed by atoms with Gasteiger partial charge >= 0.3 is 115 Å². The van der Waals surface area contributed by atoms with E-state index in [4.69, 9.17) is 9.47 Å². The van der Waals surface area contributed by atoms with Crippen LogP contribution in [0.5, 0.6) is 0 Å². The van der Waals surface area contributed by atoms with Crippen molar-refractivity contribution in [3.05, 3.63) is 100 Å². The number of aromatic nitrogens is 2. The van der Waals surface area contributed by atoms with E-state index in [-0.39, 0.29) is 150 Å². The summed E-state index contributed by atoms with van der Waals surface area (Å²) in [7, 11) is -9.47. The van der Waals surface area contributed by atoms with Gasteiger partial charge in [-0.15, -0.1) is 0 Å². The van der Waals surface area contributed by atoms with E-state index < -0.39 is 53.4 Å². The minimum atomic E-state index is -4.74. The molecule has 3 aromatic rings. The van der Waals surface area contributed by atoms with Crippen molar-refractivity contribution in [1.29, 1.82) is 0 Å². The maximum Gasteiger partial charge on any atom is 1.00 e. The van der Waals surface area contributed by atoms with Crippen molar-refractivity contribution in [2.45, 2.75) is 23.6 Å². The fraction of sp³-hybridized carbons (Fsp3) is 0.138. The molecule has 0 saturated carbocycles. The molecule has 0 spiro atoms. The number of H-pyrrole nitrogens is 1. The van der Waals surface area contributed by atoms with Gasteiger partial charge in [0.1, 0.15) is 20.2 Å². The number of benzene rings is 2. The average Bonchev–Trinajstić information content (AvgIpc) is 3.52. The number of aromatic amines is 1. The van der Waals surface area contributed by atoms with E-state index in [9.17, 15) is 45.1 Å². The van der Waals surface area contributed by atoms with Crippen LogP contribution in [-0.4, -0.2) is 72.5 Å². The second-order valence-electron chi connectivity index (χ2n) is 9.27. The number of anilines is 1. The number of hydrogen-bond acceptors (Lipinski definition) is 13. The zero-order valence-electron chi connectivity index (χ0n) is 26.5. The molecule has 0 atom stereocenters. The van der Waals surface area contributed by atoms with Crippen molar-refractivity contribution < 1.29 is 153 Å². The van der Waals surface area contributed by atoms with Gasteiger partial charge in [0.2, 0.25) is 0 Å². The van der Waals surface area contributed by atoms with Crippen LogP contribution in [0.1, 0.15) is 29.9 Å². The van der Waals surface area contributed by atoms with Gasteiger partial charge in [-0.3, -0.25) is 14.7 Å². The Labute approximate surface area is 365 Å². The van der Waals surface area contributed by atoms with Crippen LogP contribution in [0.15, 0.2) is 98.1 Å². The van der Waals surface area contributed by atoms with Gasteiger partial charge in [-0.2, -0.15) is 10.1 Å². The molecule has 0 saturated heterocycles. The number of hydrazone groups is 1. The Kier molecular flexibility index (Phi) is 16.1. The minimum Gasteiger partial charge on any atom is -0.744 e. The Morgan fingerprint density at radius 2 is 1.31 bits per heavy atom. The molecule has 0 unspecified atom stereocenters. The number of nitrogens with one attached hydrogen (secondary N) is 1. The van der Waals surface area contributed by atoms with Gasteiger partial charge in [0, 0.05) is 0 Å². The molecule has 1 amide bonds. The third kappa shape index (κ3) is 10.4. The van der Waals surface area contributed by atoms with E-state index in [1.807, 2.05) is 0 Å². The third-order valence-corrected chi connectivity index (χ3v) is 7.95. The predicted molar refractivity (Wildman–Crippen MR) is 163 cm³/mol. The summed E-state index contributed by atoms with van der Waals surface area (Å²) in [6, 6.07) is 8.72. The van der Waals surface area contributed by atoms with E-state index in [0.29, 0.717) is 0 Å². The summed E-state index contributed by atoms with van der Waals surface area (Å²) in [5.74, 6) is -2.54. The van der Waals surface area contributed by atoms with E-state index in [0.717, 1.165) is 34.0 Å². The molecule has 4 rings (SSSR count). The zero-order chi connectivity index (χ0) is 34.5. The SMILES string of the molecule is CCOC(=O)C1=NN(c2ccc(S(=O)(=O)[O-])cc2)C(=O)/C1=C/C=C/C=C/c1c(C(=O)OCC)[nH]n(-c2ccc(S(=O)(=O)[O-])cc2)c1=O.[K+].[K+]. The molecule has 0 bridgehead atoms. The third-order valence-electron chi connectivity index (χ3n) is 6.25.